The molecule has 0 amide bonds. The molecule has 0 aromatic heterocycles. The van der Waals surface area contributed by atoms with Gasteiger partial charge in [-0.05, 0) is 17.5 Å². The van der Waals surface area contributed by atoms with Crippen LogP contribution in [-0.2, 0) is 11.2 Å². The Morgan fingerprint density at radius 2 is 1.88 bits per heavy atom. The summed E-state index contributed by atoms with van der Waals surface area (Å²) in [7, 11) is 1.66. The van der Waals surface area contributed by atoms with Crippen molar-refractivity contribution in [2.24, 2.45) is 5.92 Å². The van der Waals surface area contributed by atoms with E-state index in [2.05, 4.69) is 19.1 Å². The second-order valence-corrected chi connectivity index (χ2v) is 4.37. The molecule has 0 saturated heterocycles. The molecule has 0 radical (unpaired) electrons. The molecule has 2 atom stereocenters. The summed E-state index contributed by atoms with van der Waals surface area (Å²) in [5, 5.41) is 10.1. The van der Waals surface area contributed by atoms with E-state index in [4.69, 9.17) is 4.74 Å². The smallest absolute Gasteiger partial charge is 0.0837 e. The Hall–Kier alpha value is -0.860. The van der Waals surface area contributed by atoms with Crippen molar-refractivity contribution in [1.29, 1.82) is 0 Å². The van der Waals surface area contributed by atoms with Gasteiger partial charge in [0.05, 0.1) is 12.7 Å². The molecule has 2 unspecified atom stereocenters. The fraction of sp³-hybridized carbons (Fsp3) is 0.571. The summed E-state index contributed by atoms with van der Waals surface area (Å²) in [4.78, 5) is 0. The standard InChI is InChI=1S/C14H22O2/c1-4-5-12-6-8-13(9-7-12)14(15)11(2)10-16-3/h6-9,11,14-15H,4-5,10H2,1-3H3. The van der Waals surface area contributed by atoms with Crippen molar-refractivity contribution in [3.8, 4) is 0 Å². The van der Waals surface area contributed by atoms with Gasteiger partial charge in [0.2, 0.25) is 0 Å². The van der Waals surface area contributed by atoms with Crippen molar-refractivity contribution in [3.05, 3.63) is 35.4 Å². The van der Waals surface area contributed by atoms with Gasteiger partial charge in [-0.3, -0.25) is 0 Å². The summed E-state index contributed by atoms with van der Waals surface area (Å²) in [6, 6.07) is 8.23. The molecule has 0 spiro atoms. The van der Waals surface area contributed by atoms with Gasteiger partial charge in [-0.2, -0.15) is 0 Å². The molecule has 1 rings (SSSR count). The Bertz CT molecular complexity index is 292. The first-order chi connectivity index (χ1) is 7.69. The molecule has 0 heterocycles. The van der Waals surface area contributed by atoms with Crippen molar-refractivity contribution in [2.45, 2.75) is 32.8 Å². The fourth-order valence-electron chi connectivity index (χ4n) is 1.85. The first-order valence-corrected chi connectivity index (χ1v) is 5.94. The van der Waals surface area contributed by atoms with E-state index in [1.807, 2.05) is 19.1 Å². The Labute approximate surface area is 98.3 Å². The Morgan fingerprint density at radius 3 is 2.38 bits per heavy atom. The van der Waals surface area contributed by atoms with Gasteiger partial charge in [0, 0.05) is 13.0 Å². The summed E-state index contributed by atoms with van der Waals surface area (Å²) in [6.07, 6.45) is 1.82. The van der Waals surface area contributed by atoms with Crippen LogP contribution in [0, 0.1) is 5.92 Å². The number of ether oxygens (including phenoxy) is 1. The van der Waals surface area contributed by atoms with E-state index in [9.17, 15) is 5.11 Å². The average Bonchev–Trinajstić information content (AvgIpc) is 2.30. The first-order valence-electron chi connectivity index (χ1n) is 5.94. The number of methoxy groups -OCH3 is 1. The lowest BCUT2D eigenvalue weighted by molar-refractivity contribution is 0.0566. The van der Waals surface area contributed by atoms with Crippen LogP contribution in [0.1, 0.15) is 37.5 Å². The third-order valence-corrected chi connectivity index (χ3v) is 2.83. The number of hydrogen-bond donors (Lipinski definition) is 1. The number of benzene rings is 1. The minimum atomic E-state index is -0.435. The summed E-state index contributed by atoms with van der Waals surface area (Å²) < 4.78 is 5.05. The van der Waals surface area contributed by atoms with Gasteiger partial charge in [0.25, 0.3) is 0 Å². The fourth-order valence-corrected chi connectivity index (χ4v) is 1.85. The molecule has 1 aromatic carbocycles. The molecule has 0 aliphatic rings. The van der Waals surface area contributed by atoms with Gasteiger partial charge in [-0.25, -0.2) is 0 Å². The Kier molecular flexibility index (Phi) is 5.50. The molecule has 16 heavy (non-hydrogen) atoms. The van der Waals surface area contributed by atoms with Gasteiger partial charge in [0.15, 0.2) is 0 Å². The maximum Gasteiger partial charge on any atom is 0.0837 e. The third kappa shape index (κ3) is 3.62. The summed E-state index contributed by atoms with van der Waals surface area (Å²) in [5.41, 5.74) is 2.31. The normalized spacial score (nSPS) is 14.8. The topological polar surface area (TPSA) is 29.5 Å². The van der Waals surface area contributed by atoms with E-state index < -0.39 is 6.10 Å². The highest BCUT2D eigenvalue weighted by molar-refractivity contribution is 5.24. The van der Waals surface area contributed by atoms with Crippen LogP contribution in [0.2, 0.25) is 0 Å². The largest absolute Gasteiger partial charge is 0.388 e. The molecular weight excluding hydrogens is 200 g/mol. The zero-order valence-electron chi connectivity index (χ0n) is 10.4. The van der Waals surface area contributed by atoms with Crippen LogP contribution in [0.3, 0.4) is 0 Å². The molecule has 2 nitrogen and oxygen atoms in total. The van der Waals surface area contributed by atoms with Crippen LogP contribution in [0.25, 0.3) is 0 Å². The predicted molar refractivity (Wildman–Crippen MR) is 66.4 cm³/mol. The van der Waals surface area contributed by atoms with Crippen LogP contribution < -0.4 is 0 Å². The molecule has 1 aromatic rings. The summed E-state index contributed by atoms with van der Waals surface area (Å²) in [6.45, 7) is 4.75. The number of rotatable bonds is 6. The highest BCUT2D eigenvalue weighted by Gasteiger charge is 2.15. The van der Waals surface area contributed by atoms with Gasteiger partial charge >= 0.3 is 0 Å². The molecule has 90 valence electrons. The van der Waals surface area contributed by atoms with Crippen molar-refractivity contribution in [1.82, 2.24) is 0 Å². The maximum absolute atomic E-state index is 10.1. The SMILES string of the molecule is CCCc1ccc(C(O)C(C)COC)cc1. The van der Waals surface area contributed by atoms with Gasteiger partial charge in [-0.15, -0.1) is 0 Å². The number of aliphatic hydroxyl groups is 1. The van der Waals surface area contributed by atoms with Crippen molar-refractivity contribution >= 4 is 0 Å². The van der Waals surface area contributed by atoms with E-state index in [0.717, 1.165) is 18.4 Å². The minimum Gasteiger partial charge on any atom is -0.388 e. The zero-order valence-corrected chi connectivity index (χ0v) is 10.4. The lowest BCUT2D eigenvalue weighted by Crippen LogP contribution is -2.14. The predicted octanol–water partition coefficient (Wildman–Crippen LogP) is 2.96. The first kappa shape index (κ1) is 13.2. The van der Waals surface area contributed by atoms with E-state index in [1.54, 1.807) is 7.11 Å². The Morgan fingerprint density at radius 1 is 1.25 bits per heavy atom. The monoisotopic (exact) mass is 222 g/mol. The molecule has 0 saturated carbocycles. The maximum atomic E-state index is 10.1. The van der Waals surface area contributed by atoms with Crippen molar-refractivity contribution < 1.29 is 9.84 Å². The van der Waals surface area contributed by atoms with Crippen LogP contribution in [0.15, 0.2) is 24.3 Å². The van der Waals surface area contributed by atoms with Gasteiger partial charge in [0.1, 0.15) is 0 Å². The van der Waals surface area contributed by atoms with Crippen LogP contribution in [0.5, 0.6) is 0 Å². The highest BCUT2D eigenvalue weighted by Crippen LogP contribution is 2.22. The molecule has 0 aliphatic heterocycles. The van der Waals surface area contributed by atoms with Crippen molar-refractivity contribution in [2.75, 3.05) is 13.7 Å². The molecule has 2 heteroatoms. The lowest BCUT2D eigenvalue weighted by atomic mass is 9.96. The van der Waals surface area contributed by atoms with Crippen molar-refractivity contribution in [3.63, 3.8) is 0 Å². The van der Waals surface area contributed by atoms with Crippen LogP contribution >= 0.6 is 0 Å². The minimum absolute atomic E-state index is 0.127. The second kappa shape index (κ2) is 6.66. The van der Waals surface area contributed by atoms with Crippen LogP contribution in [0.4, 0.5) is 0 Å². The van der Waals surface area contributed by atoms with E-state index in [0.29, 0.717) is 6.61 Å². The number of aliphatic hydroxyl groups excluding tert-OH is 1. The van der Waals surface area contributed by atoms with E-state index in [1.165, 1.54) is 5.56 Å². The highest BCUT2D eigenvalue weighted by atomic mass is 16.5. The van der Waals surface area contributed by atoms with Crippen LogP contribution in [-0.4, -0.2) is 18.8 Å². The summed E-state index contributed by atoms with van der Waals surface area (Å²) >= 11 is 0. The molecule has 1 N–H and O–H groups in total. The molecular formula is C14H22O2. The quantitative estimate of drug-likeness (QED) is 0.802. The number of hydrogen-bond acceptors (Lipinski definition) is 2. The average molecular weight is 222 g/mol. The second-order valence-electron chi connectivity index (χ2n) is 4.37. The zero-order chi connectivity index (χ0) is 12.0. The van der Waals surface area contributed by atoms with E-state index in [-0.39, 0.29) is 5.92 Å². The Balaban J connectivity index is 2.65. The van der Waals surface area contributed by atoms with Gasteiger partial charge < -0.3 is 9.84 Å². The molecule has 0 aliphatic carbocycles. The number of aryl methyl sites for hydroxylation is 1. The summed E-state index contributed by atoms with van der Waals surface area (Å²) in [5.74, 6) is 0.127. The van der Waals surface area contributed by atoms with E-state index >= 15 is 0 Å². The molecule has 0 fully saturated rings. The third-order valence-electron chi connectivity index (χ3n) is 2.83. The molecule has 0 bridgehead atoms. The van der Waals surface area contributed by atoms with Gasteiger partial charge in [-0.1, -0.05) is 44.5 Å². The lowest BCUT2D eigenvalue weighted by Gasteiger charge is -2.18.